The monoisotopic (exact) mass is 217 g/mol. The van der Waals surface area contributed by atoms with Gasteiger partial charge in [-0.1, -0.05) is 0 Å². The highest BCUT2D eigenvalue weighted by molar-refractivity contribution is 5.30. The van der Waals surface area contributed by atoms with Gasteiger partial charge in [0.15, 0.2) is 0 Å². The minimum Gasteiger partial charge on any atom is -0.351 e. The lowest BCUT2D eigenvalue weighted by atomic mass is 10.1. The number of anilines is 1. The number of likely N-dealkylation sites (tertiary alicyclic amines) is 1. The van der Waals surface area contributed by atoms with Crippen molar-refractivity contribution in [1.82, 2.24) is 14.9 Å². The van der Waals surface area contributed by atoms with Gasteiger partial charge in [-0.3, -0.25) is 0 Å². The SMILES string of the molecule is CN1CCC(Nc2ncc(C#N)cn2)CC1. The molecule has 0 unspecified atom stereocenters. The summed E-state index contributed by atoms with van der Waals surface area (Å²) in [7, 11) is 2.13. The van der Waals surface area contributed by atoms with Crippen LogP contribution < -0.4 is 5.32 Å². The molecule has 1 aromatic heterocycles. The van der Waals surface area contributed by atoms with Gasteiger partial charge in [0.1, 0.15) is 6.07 Å². The zero-order chi connectivity index (χ0) is 11.4. The maximum Gasteiger partial charge on any atom is 0.222 e. The van der Waals surface area contributed by atoms with E-state index < -0.39 is 0 Å². The summed E-state index contributed by atoms with van der Waals surface area (Å²) in [5.41, 5.74) is 0.494. The van der Waals surface area contributed by atoms with E-state index in [9.17, 15) is 0 Å². The van der Waals surface area contributed by atoms with Crippen LogP contribution in [0.25, 0.3) is 0 Å². The molecular formula is C11H15N5. The first kappa shape index (κ1) is 10.8. The number of nitriles is 1. The van der Waals surface area contributed by atoms with Crippen molar-refractivity contribution in [3.8, 4) is 6.07 Å². The lowest BCUT2D eigenvalue weighted by molar-refractivity contribution is 0.263. The topological polar surface area (TPSA) is 64.8 Å². The lowest BCUT2D eigenvalue weighted by Crippen LogP contribution is -2.37. The summed E-state index contributed by atoms with van der Waals surface area (Å²) in [6, 6.07) is 2.45. The zero-order valence-electron chi connectivity index (χ0n) is 9.35. The van der Waals surface area contributed by atoms with Crippen LogP contribution in [-0.2, 0) is 0 Å². The van der Waals surface area contributed by atoms with Crippen LogP contribution >= 0.6 is 0 Å². The smallest absolute Gasteiger partial charge is 0.222 e. The third-order valence-electron chi connectivity index (χ3n) is 2.83. The molecule has 0 amide bonds. The Labute approximate surface area is 95.1 Å². The van der Waals surface area contributed by atoms with Gasteiger partial charge in [0, 0.05) is 6.04 Å². The molecule has 0 bridgehead atoms. The van der Waals surface area contributed by atoms with Crippen molar-refractivity contribution < 1.29 is 0 Å². The van der Waals surface area contributed by atoms with Crippen LogP contribution in [0.2, 0.25) is 0 Å². The average Bonchev–Trinajstić information content (AvgIpc) is 2.33. The normalized spacial score (nSPS) is 18.0. The second-order valence-corrected chi connectivity index (χ2v) is 4.13. The molecule has 1 aliphatic rings. The first-order valence-electron chi connectivity index (χ1n) is 5.45. The quantitative estimate of drug-likeness (QED) is 0.795. The highest BCUT2D eigenvalue weighted by Crippen LogP contribution is 2.12. The first-order valence-corrected chi connectivity index (χ1v) is 5.45. The second kappa shape index (κ2) is 4.90. The molecule has 5 nitrogen and oxygen atoms in total. The van der Waals surface area contributed by atoms with Crippen molar-refractivity contribution in [2.45, 2.75) is 18.9 Å². The Morgan fingerprint density at radius 1 is 1.38 bits per heavy atom. The van der Waals surface area contributed by atoms with E-state index in [1.165, 1.54) is 0 Å². The lowest BCUT2D eigenvalue weighted by Gasteiger charge is -2.29. The standard InChI is InChI=1S/C11H15N5/c1-16-4-2-10(3-5-16)15-11-13-7-9(6-12)8-14-11/h7-8,10H,2-5H2,1H3,(H,13,14,15). The Bertz CT molecular complexity index is 372. The highest BCUT2D eigenvalue weighted by atomic mass is 15.2. The molecule has 0 atom stereocenters. The third-order valence-corrected chi connectivity index (χ3v) is 2.83. The molecule has 2 heterocycles. The number of piperidine rings is 1. The van der Waals surface area contributed by atoms with Crippen LogP contribution in [0.4, 0.5) is 5.95 Å². The molecule has 1 aliphatic heterocycles. The van der Waals surface area contributed by atoms with Crippen molar-refractivity contribution in [1.29, 1.82) is 5.26 Å². The van der Waals surface area contributed by atoms with E-state index in [1.807, 2.05) is 6.07 Å². The molecule has 1 aromatic rings. The van der Waals surface area contributed by atoms with Crippen LogP contribution in [0.5, 0.6) is 0 Å². The fourth-order valence-electron chi connectivity index (χ4n) is 1.80. The number of nitrogens with zero attached hydrogens (tertiary/aromatic N) is 4. The molecule has 1 N–H and O–H groups in total. The van der Waals surface area contributed by atoms with Crippen LogP contribution in [0.1, 0.15) is 18.4 Å². The summed E-state index contributed by atoms with van der Waals surface area (Å²) in [4.78, 5) is 10.5. The van der Waals surface area contributed by atoms with E-state index >= 15 is 0 Å². The van der Waals surface area contributed by atoms with E-state index in [0.29, 0.717) is 17.6 Å². The molecule has 0 spiro atoms. The number of hydrogen-bond donors (Lipinski definition) is 1. The van der Waals surface area contributed by atoms with Crippen molar-refractivity contribution in [2.24, 2.45) is 0 Å². The Morgan fingerprint density at radius 2 is 2.00 bits per heavy atom. The summed E-state index contributed by atoms with van der Waals surface area (Å²) in [5, 5.41) is 11.9. The summed E-state index contributed by atoms with van der Waals surface area (Å²) < 4.78 is 0. The van der Waals surface area contributed by atoms with E-state index in [-0.39, 0.29) is 0 Å². The predicted octanol–water partition coefficient (Wildman–Crippen LogP) is 0.854. The van der Waals surface area contributed by atoms with Crippen LogP contribution in [0.15, 0.2) is 12.4 Å². The van der Waals surface area contributed by atoms with Gasteiger partial charge in [-0.2, -0.15) is 5.26 Å². The third kappa shape index (κ3) is 2.67. The number of aromatic nitrogens is 2. The fourth-order valence-corrected chi connectivity index (χ4v) is 1.80. The summed E-state index contributed by atoms with van der Waals surface area (Å²) >= 11 is 0. The number of hydrogen-bond acceptors (Lipinski definition) is 5. The van der Waals surface area contributed by atoms with Crippen molar-refractivity contribution >= 4 is 5.95 Å². The highest BCUT2D eigenvalue weighted by Gasteiger charge is 2.16. The van der Waals surface area contributed by atoms with Crippen LogP contribution in [0.3, 0.4) is 0 Å². The maximum absolute atomic E-state index is 8.62. The van der Waals surface area contributed by atoms with Gasteiger partial charge in [-0.15, -0.1) is 0 Å². The molecule has 0 aliphatic carbocycles. The van der Waals surface area contributed by atoms with Gasteiger partial charge in [0.2, 0.25) is 5.95 Å². The number of nitrogens with one attached hydrogen (secondary N) is 1. The summed E-state index contributed by atoms with van der Waals surface area (Å²) in [6.07, 6.45) is 5.31. The van der Waals surface area contributed by atoms with Crippen LogP contribution in [0, 0.1) is 11.3 Å². The molecule has 16 heavy (non-hydrogen) atoms. The van der Waals surface area contributed by atoms with Gasteiger partial charge in [0.05, 0.1) is 18.0 Å². The summed E-state index contributed by atoms with van der Waals surface area (Å²) in [6.45, 7) is 2.21. The molecule has 1 saturated heterocycles. The fraction of sp³-hybridized carbons (Fsp3) is 0.545. The van der Waals surface area contributed by atoms with Gasteiger partial charge < -0.3 is 10.2 Å². The molecule has 5 heteroatoms. The second-order valence-electron chi connectivity index (χ2n) is 4.13. The van der Waals surface area contributed by atoms with Gasteiger partial charge >= 0.3 is 0 Å². The van der Waals surface area contributed by atoms with E-state index in [1.54, 1.807) is 12.4 Å². The van der Waals surface area contributed by atoms with Gasteiger partial charge in [-0.05, 0) is 33.0 Å². The van der Waals surface area contributed by atoms with E-state index in [0.717, 1.165) is 25.9 Å². The minimum atomic E-state index is 0.448. The first-order chi connectivity index (χ1) is 7.78. The van der Waals surface area contributed by atoms with Gasteiger partial charge in [0.25, 0.3) is 0 Å². The summed E-state index contributed by atoms with van der Waals surface area (Å²) in [5.74, 6) is 0.619. The van der Waals surface area contributed by atoms with Crippen molar-refractivity contribution in [3.05, 3.63) is 18.0 Å². The van der Waals surface area contributed by atoms with E-state index in [4.69, 9.17) is 5.26 Å². The average molecular weight is 217 g/mol. The largest absolute Gasteiger partial charge is 0.351 e. The molecule has 0 saturated carbocycles. The maximum atomic E-state index is 8.62. The Kier molecular flexibility index (Phi) is 3.32. The molecular weight excluding hydrogens is 202 g/mol. The van der Waals surface area contributed by atoms with Crippen molar-refractivity contribution in [3.63, 3.8) is 0 Å². The Hall–Kier alpha value is -1.67. The van der Waals surface area contributed by atoms with Gasteiger partial charge in [-0.25, -0.2) is 9.97 Å². The Balaban J connectivity index is 1.91. The zero-order valence-corrected chi connectivity index (χ0v) is 9.35. The molecule has 1 fully saturated rings. The number of rotatable bonds is 2. The molecule has 0 aromatic carbocycles. The van der Waals surface area contributed by atoms with Crippen molar-refractivity contribution in [2.75, 3.05) is 25.5 Å². The van der Waals surface area contributed by atoms with Crippen LogP contribution in [-0.4, -0.2) is 41.0 Å². The molecule has 84 valence electrons. The Morgan fingerprint density at radius 3 is 2.56 bits per heavy atom. The predicted molar refractivity (Wildman–Crippen MR) is 60.9 cm³/mol. The van der Waals surface area contributed by atoms with E-state index in [2.05, 4.69) is 27.2 Å². The molecule has 2 rings (SSSR count). The molecule has 0 radical (unpaired) electrons. The minimum absolute atomic E-state index is 0.448.